The summed E-state index contributed by atoms with van der Waals surface area (Å²) in [5, 5.41) is 10.4. The number of hydrogen-bond acceptors (Lipinski definition) is 4. The van der Waals surface area contributed by atoms with Gasteiger partial charge in [-0.2, -0.15) is 4.98 Å². The lowest BCUT2D eigenvalue weighted by Gasteiger charge is -2.10. The first-order valence-corrected chi connectivity index (χ1v) is 9.19. The number of fused-ring (bicyclic) bond motifs is 1. The summed E-state index contributed by atoms with van der Waals surface area (Å²) in [6.45, 7) is 3.88. The molecule has 2 N–H and O–H groups in total. The van der Waals surface area contributed by atoms with Gasteiger partial charge in [0.1, 0.15) is 6.04 Å². The van der Waals surface area contributed by atoms with Gasteiger partial charge in [-0.25, -0.2) is 4.68 Å². The van der Waals surface area contributed by atoms with Crippen LogP contribution in [0.1, 0.15) is 23.6 Å². The van der Waals surface area contributed by atoms with E-state index >= 15 is 0 Å². The number of carbonyl (C=O) groups is 2. The fourth-order valence-corrected chi connectivity index (χ4v) is 3.17. The summed E-state index contributed by atoms with van der Waals surface area (Å²) in [6, 6.07) is 12.3. The zero-order chi connectivity index (χ0) is 19.8. The lowest BCUT2D eigenvalue weighted by Crippen LogP contribution is -2.23. The van der Waals surface area contributed by atoms with Crippen LogP contribution in [0.3, 0.4) is 0 Å². The molecule has 28 heavy (non-hydrogen) atoms. The molecule has 2 heterocycles. The van der Waals surface area contributed by atoms with Gasteiger partial charge >= 0.3 is 0 Å². The predicted octanol–water partition coefficient (Wildman–Crippen LogP) is 3.74. The number of nitrogens with one attached hydrogen (secondary N) is 2. The lowest BCUT2D eigenvalue weighted by molar-refractivity contribution is -0.123. The van der Waals surface area contributed by atoms with Crippen molar-refractivity contribution in [3.8, 4) is 11.4 Å². The van der Waals surface area contributed by atoms with Crippen molar-refractivity contribution in [2.45, 2.75) is 26.3 Å². The van der Waals surface area contributed by atoms with Gasteiger partial charge in [-0.3, -0.25) is 14.9 Å². The predicted molar refractivity (Wildman–Crippen MR) is 107 cm³/mol. The summed E-state index contributed by atoms with van der Waals surface area (Å²) < 4.78 is 1.47. The third kappa shape index (κ3) is 3.48. The van der Waals surface area contributed by atoms with Gasteiger partial charge in [0.05, 0.1) is 6.42 Å². The highest BCUT2D eigenvalue weighted by molar-refractivity contribution is 6.31. The molecule has 0 fully saturated rings. The van der Waals surface area contributed by atoms with E-state index in [0.717, 1.165) is 16.7 Å². The van der Waals surface area contributed by atoms with Crippen molar-refractivity contribution in [1.82, 2.24) is 14.8 Å². The number of hydrogen-bond donors (Lipinski definition) is 2. The first-order valence-electron chi connectivity index (χ1n) is 8.81. The molecule has 1 atom stereocenters. The minimum absolute atomic E-state index is 0.0545. The quantitative estimate of drug-likeness (QED) is 0.704. The van der Waals surface area contributed by atoms with E-state index in [2.05, 4.69) is 20.7 Å². The summed E-state index contributed by atoms with van der Waals surface area (Å²) in [4.78, 5) is 29.1. The second-order valence-electron chi connectivity index (χ2n) is 6.79. The van der Waals surface area contributed by atoms with Crippen LogP contribution < -0.4 is 10.6 Å². The van der Waals surface area contributed by atoms with Crippen LogP contribution in [0.25, 0.3) is 11.4 Å². The van der Waals surface area contributed by atoms with Crippen molar-refractivity contribution in [2.75, 3.05) is 10.6 Å². The minimum Gasteiger partial charge on any atom is -0.326 e. The summed E-state index contributed by atoms with van der Waals surface area (Å²) in [6.07, 6.45) is -0.0545. The molecule has 0 unspecified atom stereocenters. The molecular weight excluding hydrogens is 378 g/mol. The van der Waals surface area contributed by atoms with E-state index in [9.17, 15) is 9.59 Å². The SMILES string of the molecule is Cc1ccc(-c2nc3n(n2)[C@H](CC(=O)Nc2ccc(C)c(Cl)c2)C(=O)N3)cc1. The summed E-state index contributed by atoms with van der Waals surface area (Å²) in [7, 11) is 0. The highest BCUT2D eigenvalue weighted by Crippen LogP contribution is 2.29. The molecular formula is C20H18ClN5O2. The Hall–Kier alpha value is -3.19. The van der Waals surface area contributed by atoms with Gasteiger partial charge in [-0.05, 0) is 31.5 Å². The topological polar surface area (TPSA) is 88.9 Å². The second kappa shape index (κ2) is 7.09. The molecule has 0 saturated heterocycles. The summed E-state index contributed by atoms with van der Waals surface area (Å²) in [5.41, 5.74) is 3.48. The molecule has 0 aliphatic carbocycles. The van der Waals surface area contributed by atoms with Crippen LogP contribution in [-0.2, 0) is 9.59 Å². The van der Waals surface area contributed by atoms with Gasteiger partial charge in [-0.1, -0.05) is 47.5 Å². The molecule has 7 nitrogen and oxygen atoms in total. The normalized spacial score (nSPS) is 15.2. The molecule has 1 aromatic heterocycles. The Labute approximate surface area is 166 Å². The van der Waals surface area contributed by atoms with E-state index in [0.29, 0.717) is 22.5 Å². The van der Waals surface area contributed by atoms with Crippen LogP contribution >= 0.6 is 11.6 Å². The van der Waals surface area contributed by atoms with Gasteiger partial charge in [0.25, 0.3) is 5.91 Å². The first-order chi connectivity index (χ1) is 13.4. The van der Waals surface area contributed by atoms with Gasteiger partial charge in [-0.15, -0.1) is 5.10 Å². The fourth-order valence-electron chi connectivity index (χ4n) is 2.99. The van der Waals surface area contributed by atoms with Crippen LogP contribution in [0.4, 0.5) is 11.6 Å². The number of anilines is 2. The molecule has 3 aromatic rings. The Bertz CT molecular complexity index is 1070. The monoisotopic (exact) mass is 395 g/mol. The van der Waals surface area contributed by atoms with E-state index in [1.165, 1.54) is 4.68 Å². The van der Waals surface area contributed by atoms with Crippen LogP contribution in [0.2, 0.25) is 5.02 Å². The third-order valence-corrected chi connectivity index (χ3v) is 5.02. The molecule has 0 saturated carbocycles. The average molecular weight is 396 g/mol. The zero-order valence-electron chi connectivity index (χ0n) is 15.4. The van der Waals surface area contributed by atoms with Crippen molar-refractivity contribution < 1.29 is 9.59 Å². The van der Waals surface area contributed by atoms with Gasteiger partial charge in [0.2, 0.25) is 11.9 Å². The number of amides is 2. The third-order valence-electron chi connectivity index (χ3n) is 4.61. The maximum absolute atomic E-state index is 12.4. The van der Waals surface area contributed by atoms with E-state index in [1.807, 2.05) is 44.2 Å². The standard InChI is InChI=1S/C20H18ClN5O2/c1-11-3-6-13(7-4-11)18-23-20-24-19(28)16(26(20)25-18)10-17(27)22-14-8-5-12(2)15(21)9-14/h3-9,16H,10H2,1-2H3,(H,22,27)(H,23,24,25,28)/t16-/m1/s1. The average Bonchev–Trinajstić information content (AvgIpc) is 3.18. The second-order valence-corrected chi connectivity index (χ2v) is 7.20. The largest absolute Gasteiger partial charge is 0.326 e. The molecule has 142 valence electrons. The summed E-state index contributed by atoms with van der Waals surface area (Å²) >= 11 is 6.09. The van der Waals surface area contributed by atoms with Crippen LogP contribution in [0.5, 0.6) is 0 Å². The number of nitrogens with zero attached hydrogens (tertiary/aromatic N) is 3. The van der Waals surface area contributed by atoms with Crippen molar-refractivity contribution in [3.05, 3.63) is 58.6 Å². The van der Waals surface area contributed by atoms with Crippen LogP contribution in [-0.4, -0.2) is 26.6 Å². The number of benzene rings is 2. The van der Waals surface area contributed by atoms with Gasteiger partial charge in [0.15, 0.2) is 5.82 Å². The number of rotatable bonds is 4. The van der Waals surface area contributed by atoms with Crippen LogP contribution in [0.15, 0.2) is 42.5 Å². The van der Waals surface area contributed by atoms with Crippen LogP contribution in [0, 0.1) is 13.8 Å². The molecule has 2 aromatic carbocycles. The molecule has 1 aliphatic rings. The number of aromatic nitrogens is 3. The zero-order valence-corrected chi connectivity index (χ0v) is 16.1. The van der Waals surface area contributed by atoms with E-state index < -0.39 is 6.04 Å². The van der Waals surface area contributed by atoms with Gasteiger partial charge < -0.3 is 5.32 Å². The summed E-state index contributed by atoms with van der Waals surface area (Å²) in [5.74, 6) is 0.241. The van der Waals surface area contributed by atoms with Crippen molar-refractivity contribution in [2.24, 2.45) is 0 Å². The molecule has 0 spiro atoms. The Kier molecular flexibility index (Phi) is 4.60. The molecule has 8 heteroatoms. The van der Waals surface area contributed by atoms with Crippen molar-refractivity contribution in [3.63, 3.8) is 0 Å². The van der Waals surface area contributed by atoms with E-state index in [1.54, 1.807) is 12.1 Å². The first kappa shape index (κ1) is 18.2. The molecule has 1 aliphatic heterocycles. The van der Waals surface area contributed by atoms with E-state index in [-0.39, 0.29) is 18.2 Å². The van der Waals surface area contributed by atoms with Crippen molar-refractivity contribution in [1.29, 1.82) is 0 Å². The highest BCUT2D eigenvalue weighted by atomic mass is 35.5. The minimum atomic E-state index is -0.748. The Balaban J connectivity index is 1.51. The number of halogens is 1. The van der Waals surface area contributed by atoms with Crippen molar-refractivity contribution >= 4 is 35.1 Å². The lowest BCUT2D eigenvalue weighted by atomic mass is 10.1. The molecule has 0 radical (unpaired) electrons. The van der Waals surface area contributed by atoms with E-state index in [4.69, 9.17) is 11.6 Å². The maximum Gasteiger partial charge on any atom is 0.252 e. The fraction of sp³-hybridized carbons (Fsp3) is 0.200. The Morgan fingerprint density at radius 3 is 2.68 bits per heavy atom. The Morgan fingerprint density at radius 2 is 1.96 bits per heavy atom. The smallest absolute Gasteiger partial charge is 0.252 e. The highest BCUT2D eigenvalue weighted by Gasteiger charge is 2.35. The number of carbonyl (C=O) groups excluding carboxylic acids is 2. The van der Waals surface area contributed by atoms with Gasteiger partial charge in [0, 0.05) is 16.3 Å². The molecule has 4 rings (SSSR count). The molecule has 0 bridgehead atoms. The maximum atomic E-state index is 12.4. The number of aryl methyl sites for hydroxylation is 2. The Morgan fingerprint density at radius 1 is 1.21 bits per heavy atom. The molecule has 2 amide bonds.